The summed E-state index contributed by atoms with van der Waals surface area (Å²) in [7, 11) is -3.52. The number of unbranched alkanes of at least 4 members (excludes halogenated alkanes) is 1. The molecule has 1 heterocycles. The zero-order chi connectivity index (χ0) is 32.9. The highest BCUT2D eigenvalue weighted by Crippen LogP contribution is 2.29. The minimum Gasteiger partial charge on any atom is -0.456 e. The lowest BCUT2D eigenvalue weighted by molar-refractivity contribution is 0.00704. The maximum absolute atomic E-state index is 13.0. The molecule has 0 saturated carbocycles. The van der Waals surface area contributed by atoms with Crippen molar-refractivity contribution in [2.24, 2.45) is 0 Å². The van der Waals surface area contributed by atoms with Gasteiger partial charge in [0, 0.05) is 19.5 Å². The first-order valence-electron chi connectivity index (χ1n) is 15.9. The highest BCUT2D eigenvalue weighted by atomic mass is 32.2. The normalized spacial score (nSPS) is 11.9. The number of carbonyl (C=O) groups excluding carboxylic acids is 1. The number of ether oxygens (including phenoxy) is 1. The van der Waals surface area contributed by atoms with Gasteiger partial charge in [0.05, 0.1) is 28.5 Å². The number of hydrogen-bond donors (Lipinski definition) is 0. The number of esters is 1. The summed E-state index contributed by atoms with van der Waals surface area (Å²) in [5.74, 6) is 0.629. The molecule has 5 rings (SSSR count). The van der Waals surface area contributed by atoms with Gasteiger partial charge in [-0.1, -0.05) is 86.1 Å². The van der Waals surface area contributed by atoms with E-state index in [2.05, 4.69) is 23.6 Å². The Hall–Kier alpha value is -4.43. The van der Waals surface area contributed by atoms with Gasteiger partial charge in [-0.3, -0.25) is 4.31 Å². The molecule has 240 valence electrons. The Kier molecular flexibility index (Phi) is 9.97. The van der Waals surface area contributed by atoms with Crippen molar-refractivity contribution in [1.29, 1.82) is 0 Å². The monoisotopic (exact) mass is 637 g/mol. The molecule has 5 aromatic rings. The number of carbonyl (C=O) groups is 1. The van der Waals surface area contributed by atoms with Gasteiger partial charge < -0.3 is 9.30 Å². The average molecular weight is 638 g/mol. The summed E-state index contributed by atoms with van der Waals surface area (Å²) in [6, 6.07) is 31.4. The van der Waals surface area contributed by atoms with Crippen molar-refractivity contribution in [3.05, 3.63) is 120 Å². The van der Waals surface area contributed by atoms with Crippen molar-refractivity contribution in [2.45, 2.75) is 65.5 Å². The number of rotatable bonds is 12. The number of aryl methyl sites for hydroxylation is 1. The second-order valence-corrected chi connectivity index (χ2v) is 14.6. The largest absolute Gasteiger partial charge is 0.456 e. The van der Waals surface area contributed by atoms with Crippen molar-refractivity contribution in [3.8, 4) is 11.1 Å². The van der Waals surface area contributed by atoms with Crippen LogP contribution in [-0.4, -0.2) is 42.3 Å². The molecule has 7 nitrogen and oxygen atoms in total. The smallest absolute Gasteiger partial charge is 0.339 e. The van der Waals surface area contributed by atoms with E-state index in [1.165, 1.54) is 10.6 Å². The highest BCUT2D eigenvalue weighted by Gasteiger charge is 2.22. The Morgan fingerprint density at radius 2 is 1.57 bits per heavy atom. The number of benzene rings is 4. The molecular formula is C38H43N3O4S. The van der Waals surface area contributed by atoms with E-state index >= 15 is 0 Å². The molecule has 0 aliphatic carbocycles. The van der Waals surface area contributed by atoms with Gasteiger partial charge in [0.25, 0.3) is 0 Å². The van der Waals surface area contributed by atoms with Crippen molar-refractivity contribution in [1.82, 2.24) is 9.55 Å². The second-order valence-electron chi connectivity index (χ2n) is 12.7. The zero-order valence-electron chi connectivity index (χ0n) is 27.4. The predicted octanol–water partition coefficient (Wildman–Crippen LogP) is 8.06. The van der Waals surface area contributed by atoms with Crippen LogP contribution < -0.4 is 4.31 Å². The quantitative estimate of drug-likeness (QED) is 0.129. The number of sulfonamides is 1. The number of aromatic nitrogens is 2. The van der Waals surface area contributed by atoms with Crippen molar-refractivity contribution in [3.63, 3.8) is 0 Å². The van der Waals surface area contributed by atoms with Crippen LogP contribution in [0.15, 0.2) is 97.1 Å². The van der Waals surface area contributed by atoms with Gasteiger partial charge in [-0.25, -0.2) is 18.2 Å². The van der Waals surface area contributed by atoms with Crippen LogP contribution in [0.4, 0.5) is 5.69 Å². The molecule has 0 atom stereocenters. The molecule has 0 N–H and O–H groups in total. The molecule has 0 fully saturated rings. The fraction of sp³-hybridized carbons (Fsp3) is 0.316. The molecule has 0 saturated heterocycles. The Morgan fingerprint density at radius 1 is 0.870 bits per heavy atom. The first-order valence-corrected chi connectivity index (χ1v) is 17.7. The summed E-state index contributed by atoms with van der Waals surface area (Å²) in [5.41, 5.74) is 6.22. The first kappa shape index (κ1) is 32.9. The van der Waals surface area contributed by atoms with Crippen molar-refractivity contribution < 1.29 is 17.9 Å². The van der Waals surface area contributed by atoms with Crippen LogP contribution >= 0.6 is 0 Å². The molecule has 0 unspecified atom stereocenters. The number of hydrogen-bond acceptors (Lipinski definition) is 5. The van der Waals surface area contributed by atoms with E-state index in [0.29, 0.717) is 30.8 Å². The fourth-order valence-corrected chi connectivity index (χ4v) is 6.52. The van der Waals surface area contributed by atoms with Crippen LogP contribution in [0.3, 0.4) is 0 Å². The molecule has 4 aromatic carbocycles. The molecule has 0 spiro atoms. The number of imidazole rings is 1. The summed E-state index contributed by atoms with van der Waals surface area (Å²) in [6.07, 6.45) is 4.74. The lowest BCUT2D eigenvalue weighted by Crippen LogP contribution is -2.31. The van der Waals surface area contributed by atoms with Gasteiger partial charge in [0.15, 0.2) is 0 Å². The third-order valence-electron chi connectivity index (χ3n) is 7.85. The van der Waals surface area contributed by atoms with Crippen molar-refractivity contribution in [2.75, 3.05) is 17.1 Å². The first-order chi connectivity index (χ1) is 21.9. The third kappa shape index (κ3) is 8.04. The molecule has 0 aliphatic heterocycles. The van der Waals surface area contributed by atoms with Gasteiger partial charge in [-0.15, -0.1) is 0 Å². The van der Waals surface area contributed by atoms with Crippen LogP contribution in [-0.2, 0) is 34.1 Å². The maximum atomic E-state index is 13.0. The Labute approximate surface area is 272 Å². The summed E-state index contributed by atoms with van der Waals surface area (Å²) < 4.78 is 35.3. The molecule has 0 aliphatic rings. The fourth-order valence-electron chi connectivity index (χ4n) is 5.60. The molecular weight excluding hydrogens is 595 g/mol. The van der Waals surface area contributed by atoms with E-state index in [1.54, 1.807) is 6.07 Å². The topological polar surface area (TPSA) is 81.5 Å². The van der Waals surface area contributed by atoms with Gasteiger partial charge in [0.2, 0.25) is 10.0 Å². The number of anilines is 1. The van der Waals surface area contributed by atoms with Gasteiger partial charge in [-0.2, -0.15) is 0 Å². The van der Waals surface area contributed by atoms with E-state index in [9.17, 15) is 13.2 Å². The maximum Gasteiger partial charge on any atom is 0.339 e. The molecule has 0 amide bonds. The highest BCUT2D eigenvalue weighted by molar-refractivity contribution is 7.92. The predicted molar refractivity (Wildman–Crippen MR) is 187 cm³/mol. The molecule has 8 heteroatoms. The molecule has 1 aromatic heterocycles. The number of fused-ring (bicyclic) bond motifs is 1. The summed E-state index contributed by atoms with van der Waals surface area (Å²) in [5, 5.41) is 0. The van der Waals surface area contributed by atoms with E-state index in [1.807, 2.05) is 99.6 Å². The standard InChI is InChI=1S/C38H43N3O4S/c1-6-7-17-36-39-34-23-22-31(41(46(5,43)44)25-24-28-13-9-8-10-14-28)26-35(34)40(36)27-29-18-20-30(21-19-29)32-15-11-12-16-33(32)37(42)45-38(2,3)4/h8-16,18-23,26H,6-7,17,24-25,27H2,1-5H3. The minimum atomic E-state index is -3.52. The van der Waals surface area contributed by atoms with Gasteiger partial charge in [0.1, 0.15) is 11.4 Å². The molecule has 0 radical (unpaired) electrons. The van der Waals surface area contributed by atoms with Crippen LogP contribution in [0, 0.1) is 0 Å². The SMILES string of the molecule is CCCCc1nc2ccc(N(CCc3ccccc3)S(C)(=O)=O)cc2n1Cc1ccc(-c2ccccc2C(=O)OC(C)(C)C)cc1. The number of nitrogens with zero attached hydrogens (tertiary/aromatic N) is 3. The Morgan fingerprint density at radius 3 is 2.24 bits per heavy atom. The molecule has 0 bridgehead atoms. The summed E-state index contributed by atoms with van der Waals surface area (Å²) in [4.78, 5) is 17.9. The van der Waals surface area contributed by atoms with Crippen molar-refractivity contribution >= 4 is 32.7 Å². The lowest BCUT2D eigenvalue weighted by Gasteiger charge is -2.23. The Balaban J connectivity index is 1.47. The van der Waals surface area contributed by atoms with Gasteiger partial charge in [-0.05, 0) is 80.1 Å². The van der Waals surface area contributed by atoms with Crippen LogP contribution in [0.1, 0.15) is 67.8 Å². The molecule has 46 heavy (non-hydrogen) atoms. The lowest BCUT2D eigenvalue weighted by atomic mass is 9.98. The van der Waals surface area contributed by atoms with Crippen LogP contribution in [0.5, 0.6) is 0 Å². The zero-order valence-corrected chi connectivity index (χ0v) is 28.2. The average Bonchev–Trinajstić information content (AvgIpc) is 3.35. The summed E-state index contributed by atoms with van der Waals surface area (Å²) in [6.45, 7) is 8.68. The van der Waals surface area contributed by atoms with E-state index in [0.717, 1.165) is 58.4 Å². The Bertz CT molecular complexity index is 1910. The van der Waals surface area contributed by atoms with E-state index in [4.69, 9.17) is 9.72 Å². The van der Waals surface area contributed by atoms with Crippen LogP contribution in [0.25, 0.3) is 22.2 Å². The summed E-state index contributed by atoms with van der Waals surface area (Å²) >= 11 is 0. The minimum absolute atomic E-state index is 0.345. The third-order valence-corrected chi connectivity index (χ3v) is 9.05. The second kappa shape index (κ2) is 13.9. The van der Waals surface area contributed by atoms with E-state index in [-0.39, 0.29) is 5.97 Å². The van der Waals surface area contributed by atoms with Gasteiger partial charge >= 0.3 is 5.97 Å². The van der Waals surface area contributed by atoms with Crippen LogP contribution in [0.2, 0.25) is 0 Å². The van der Waals surface area contributed by atoms with E-state index < -0.39 is 15.6 Å².